The average Bonchev–Trinajstić information content (AvgIpc) is 3.12. The van der Waals surface area contributed by atoms with Gasteiger partial charge >= 0.3 is 12.2 Å². The molecule has 0 unspecified atom stereocenters. The molecule has 3 rings (SSSR count). The van der Waals surface area contributed by atoms with Crippen LogP contribution in [0.1, 0.15) is 25.6 Å². The molecule has 0 spiro atoms. The second kappa shape index (κ2) is 7.61. The number of piperidine rings is 1. The highest BCUT2D eigenvalue weighted by Gasteiger charge is 2.38. The third-order valence-electron chi connectivity index (χ3n) is 4.63. The summed E-state index contributed by atoms with van der Waals surface area (Å²) in [6, 6.07) is 7.01. The summed E-state index contributed by atoms with van der Waals surface area (Å²) in [6.07, 6.45) is -2.43. The number of sulfone groups is 1. The van der Waals surface area contributed by atoms with E-state index in [0.717, 1.165) is 6.26 Å². The minimum atomic E-state index is -4.64. The Hall–Kier alpha value is -2.30. The summed E-state index contributed by atoms with van der Waals surface area (Å²) in [7, 11) is -3.35. The van der Waals surface area contributed by atoms with Crippen LogP contribution in [-0.2, 0) is 16.0 Å². The second-order valence-electron chi connectivity index (χ2n) is 6.72. The van der Waals surface area contributed by atoms with E-state index in [4.69, 9.17) is 9.26 Å². The number of benzene rings is 1. The number of alkyl halides is 3. The van der Waals surface area contributed by atoms with Crippen LogP contribution >= 0.6 is 0 Å². The van der Waals surface area contributed by atoms with E-state index in [-0.39, 0.29) is 22.9 Å². The molecule has 1 radical (unpaired) electrons. The molecule has 1 aliphatic rings. The fourth-order valence-corrected chi connectivity index (χ4v) is 3.65. The van der Waals surface area contributed by atoms with Gasteiger partial charge in [-0.25, -0.2) is 8.42 Å². The van der Waals surface area contributed by atoms with Gasteiger partial charge in [0, 0.05) is 19.3 Å². The van der Waals surface area contributed by atoms with E-state index in [0.29, 0.717) is 31.7 Å². The van der Waals surface area contributed by atoms with Crippen LogP contribution in [0.15, 0.2) is 27.6 Å². The molecule has 153 valence electrons. The molecule has 0 bridgehead atoms. The molecule has 7 nitrogen and oxygen atoms in total. The Bertz CT molecular complexity index is 922. The molecule has 0 N–H and O–H groups in total. The highest BCUT2D eigenvalue weighted by Crippen LogP contribution is 2.31. The van der Waals surface area contributed by atoms with Crippen molar-refractivity contribution in [3.63, 3.8) is 0 Å². The van der Waals surface area contributed by atoms with E-state index in [1.54, 1.807) is 11.0 Å². The molecule has 1 fully saturated rings. The van der Waals surface area contributed by atoms with Crippen molar-refractivity contribution >= 4 is 15.9 Å². The lowest BCUT2D eigenvalue weighted by molar-refractivity contribution is -0.146. The number of halogens is 3. The van der Waals surface area contributed by atoms with Crippen LogP contribution in [-0.4, -0.2) is 44.0 Å². The third-order valence-corrected chi connectivity index (χ3v) is 5.72. The summed E-state index contributed by atoms with van der Waals surface area (Å²) >= 11 is 0. The minimum absolute atomic E-state index is 0.129. The van der Waals surface area contributed by atoms with Gasteiger partial charge < -0.3 is 14.2 Å². The Kier molecular flexibility index (Phi) is 5.55. The standard InChI is InChI=1S/C17H19F3N3O4S/c1-11(26-13-4-3-5-14(10-13)28(2,24)25)12-6-8-23(9-7-12)16-21-15(22-27-16)17(18,19)20/h4-5,10-12H,6-9H2,1-2H3/t11-/m1/s1. The van der Waals surface area contributed by atoms with Gasteiger partial charge in [0.2, 0.25) is 0 Å². The van der Waals surface area contributed by atoms with Crippen molar-refractivity contribution in [2.45, 2.75) is 36.9 Å². The molecule has 2 heterocycles. The highest BCUT2D eigenvalue weighted by atomic mass is 32.2. The van der Waals surface area contributed by atoms with Crippen molar-refractivity contribution < 1.29 is 30.8 Å². The maximum atomic E-state index is 12.6. The predicted octanol–water partition coefficient (Wildman–Crippen LogP) is 2.98. The maximum Gasteiger partial charge on any atom is 0.455 e. The van der Waals surface area contributed by atoms with Crippen LogP contribution in [0, 0.1) is 12.0 Å². The summed E-state index contributed by atoms with van der Waals surface area (Å²) in [5.41, 5.74) is 0. The SMILES string of the molecule is C[C@@H](Oc1c[c]cc(S(C)(=O)=O)c1)C1CCN(c2nc(C(F)(F)F)no2)CC1. The first-order chi connectivity index (χ1) is 13.0. The fourth-order valence-electron chi connectivity index (χ4n) is 3.04. The van der Waals surface area contributed by atoms with E-state index in [9.17, 15) is 21.6 Å². The number of aromatic nitrogens is 2. The lowest BCUT2D eigenvalue weighted by Crippen LogP contribution is -2.38. The van der Waals surface area contributed by atoms with Crippen LogP contribution in [0.25, 0.3) is 0 Å². The van der Waals surface area contributed by atoms with Gasteiger partial charge in [-0.2, -0.15) is 18.2 Å². The number of hydrogen-bond acceptors (Lipinski definition) is 7. The molecule has 0 saturated carbocycles. The summed E-state index contributed by atoms with van der Waals surface area (Å²) in [5, 5.41) is 2.97. The Balaban J connectivity index is 1.58. The smallest absolute Gasteiger partial charge is 0.455 e. The average molecular weight is 418 g/mol. The molecule has 1 aromatic heterocycles. The Morgan fingerprint density at radius 3 is 2.57 bits per heavy atom. The Labute approximate surface area is 160 Å². The van der Waals surface area contributed by atoms with Crippen molar-refractivity contribution in [3.05, 3.63) is 30.1 Å². The predicted molar refractivity (Wildman–Crippen MR) is 92.7 cm³/mol. The van der Waals surface area contributed by atoms with E-state index >= 15 is 0 Å². The van der Waals surface area contributed by atoms with Crippen molar-refractivity contribution in [1.29, 1.82) is 0 Å². The first-order valence-electron chi connectivity index (χ1n) is 8.58. The zero-order valence-corrected chi connectivity index (χ0v) is 16.0. The van der Waals surface area contributed by atoms with E-state index < -0.39 is 21.8 Å². The molecule has 1 aliphatic heterocycles. The lowest BCUT2D eigenvalue weighted by atomic mass is 9.92. The molecule has 2 aromatic rings. The molecule has 1 atom stereocenters. The van der Waals surface area contributed by atoms with Gasteiger partial charge in [0.1, 0.15) is 5.75 Å². The normalized spacial score (nSPS) is 17.5. The number of nitrogens with zero attached hydrogens (tertiary/aromatic N) is 3. The van der Waals surface area contributed by atoms with Gasteiger partial charge in [0.05, 0.1) is 11.0 Å². The topological polar surface area (TPSA) is 85.5 Å². The fraction of sp³-hybridized carbons (Fsp3) is 0.529. The van der Waals surface area contributed by atoms with Crippen LogP contribution in [0.3, 0.4) is 0 Å². The van der Waals surface area contributed by atoms with Gasteiger partial charge in [-0.05, 0) is 55.1 Å². The van der Waals surface area contributed by atoms with Crippen molar-refractivity contribution in [2.24, 2.45) is 5.92 Å². The second-order valence-corrected chi connectivity index (χ2v) is 8.74. The first kappa shape index (κ1) is 20.4. The summed E-state index contributed by atoms with van der Waals surface area (Å²) in [6.45, 7) is 2.78. The number of rotatable bonds is 5. The van der Waals surface area contributed by atoms with Crippen LogP contribution in [0.5, 0.6) is 5.75 Å². The monoisotopic (exact) mass is 418 g/mol. The van der Waals surface area contributed by atoms with Gasteiger partial charge in [0.25, 0.3) is 5.82 Å². The van der Waals surface area contributed by atoms with Crippen molar-refractivity contribution in [3.8, 4) is 5.75 Å². The Morgan fingerprint density at radius 1 is 1.32 bits per heavy atom. The zero-order valence-electron chi connectivity index (χ0n) is 15.2. The molecule has 0 amide bonds. The Morgan fingerprint density at radius 2 is 2.00 bits per heavy atom. The molecule has 11 heteroatoms. The molecule has 1 saturated heterocycles. The minimum Gasteiger partial charge on any atom is -0.490 e. The lowest BCUT2D eigenvalue weighted by Gasteiger charge is -2.33. The molecule has 1 aromatic carbocycles. The van der Waals surface area contributed by atoms with Gasteiger partial charge in [-0.3, -0.25) is 0 Å². The first-order valence-corrected chi connectivity index (χ1v) is 10.5. The zero-order chi connectivity index (χ0) is 20.5. The van der Waals surface area contributed by atoms with E-state index in [2.05, 4.69) is 16.2 Å². The van der Waals surface area contributed by atoms with Crippen LogP contribution < -0.4 is 9.64 Å². The highest BCUT2D eigenvalue weighted by molar-refractivity contribution is 7.90. The van der Waals surface area contributed by atoms with E-state index in [1.807, 2.05) is 6.92 Å². The molecular formula is C17H19F3N3O4S. The number of ether oxygens (including phenoxy) is 1. The number of hydrogen-bond donors (Lipinski definition) is 0. The molecule has 28 heavy (non-hydrogen) atoms. The van der Waals surface area contributed by atoms with Crippen LogP contribution in [0.2, 0.25) is 0 Å². The molecule has 0 aliphatic carbocycles. The van der Waals surface area contributed by atoms with Crippen LogP contribution in [0.4, 0.5) is 19.2 Å². The molecular weight excluding hydrogens is 399 g/mol. The van der Waals surface area contributed by atoms with Crippen molar-refractivity contribution in [1.82, 2.24) is 10.1 Å². The summed E-state index contributed by atoms with van der Waals surface area (Å²) in [5.74, 6) is -0.740. The summed E-state index contributed by atoms with van der Waals surface area (Å²) in [4.78, 5) is 5.15. The van der Waals surface area contributed by atoms with E-state index in [1.165, 1.54) is 12.1 Å². The largest absolute Gasteiger partial charge is 0.490 e. The number of anilines is 1. The maximum absolute atomic E-state index is 12.6. The quantitative estimate of drug-likeness (QED) is 0.738. The van der Waals surface area contributed by atoms with Gasteiger partial charge in [0.15, 0.2) is 9.84 Å². The third kappa shape index (κ3) is 4.75. The summed E-state index contributed by atoms with van der Waals surface area (Å²) < 4.78 is 71.6. The van der Waals surface area contributed by atoms with Gasteiger partial charge in [-0.15, -0.1) is 0 Å². The van der Waals surface area contributed by atoms with Crippen molar-refractivity contribution in [2.75, 3.05) is 24.2 Å². The van der Waals surface area contributed by atoms with Gasteiger partial charge in [-0.1, -0.05) is 0 Å².